The fourth-order valence-electron chi connectivity index (χ4n) is 0.882. The Kier molecular flexibility index (Phi) is 5.95. The summed E-state index contributed by atoms with van der Waals surface area (Å²) in [7, 11) is -3.10. The highest BCUT2D eigenvalue weighted by atomic mass is 28.3. The van der Waals surface area contributed by atoms with Crippen molar-refractivity contribution in [1.82, 2.24) is 0 Å². The lowest BCUT2D eigenvalue weighted by Crippen LogP contribution is -2.51. The van der Waals surface area contributed by atoms with Gasteiger partial charge < -0.3 is 8.85 Å². The number of hydrogen-bond donors (Lipinski definition) is 0. The van der Waals surface area contributed by atoms with Gasteiger partial charge in [0.2, 0.25) is 0 Å². The van der Waals surface area contributed by atoms with Crippen LogP contribution in [0.25, 0.3) is 0 Å². The lowest BCUT2D eigenvalue weighted by Gasteiger charge is -2.29. The van der Waals surface area contributed by atoms with Crippen LogP contribution in [-0.4, -0.2) is 33.8 Å². The summed E-state index contributed by atoms with van der Waals surface area (Å²) in [5.74, 6) is -5.52. The van der Waals surface area contributed by atoms with Gasteiger partial charge in [-0.3, -0.25) is 0 Å². The van der Waals surface area contributed by atoms with Crippen LogP contribution >= 0.6 is 0 Å². The molecule has 0 saturated heterocycles. The molecule has 9 heteroatoms. The molecule has 0 aromatic rings. The van der Waals surface area contributed by atoms with Crippen molar-refractivity contribution in [3.63, 3.8) is 0 Å². The first-order valence-electron chi connectivity index (χ1n) is 4.91. The first kappa shape index (κ1) is 16.7. The maximum absolute atomic E-state index is 12.8. The number of alkyl halides is 6. The van der Waals surface area contributed by atoms with Gasteiger partial charge in [0.05, 0.1) is 0 Å². The first-order valence-corrected chi connectivity index (χ1v) is 6.67. The first-order chi connectivity index (χ1) is 7.54. The zero-order chi connectivity index (χ0) is 13.9. The summed E-state index contributed by atoms with van der Waals surface area (Å²) in [6.45, 7) is 4.40. The molecule has 0 bridgehead atoms. The Morgan fingerprint density at radius 2 is 1.59 bits per heavy atom. The highest BCUT2D eigenvalue weighted by Gasteiger charge is 2.65. The second-order valence-electron chi connectivity index (χ2n) is 3.58. The number of hydrogen-bond acceptors (Lipinski definition) is 2. The molecule has 0 N–H and O–H groups in total. The van der Waals surface area contributed by atoms with E-state index in [0.29, 0.717) is 0 Å². The zero-order valence-corrected chi connectivity index (χ0v) is 10.7. The van der Waals surface area contributed by atoms with E-state index in [0.717, 1.165) is 0 Å². The van der Waals surface area contributed by atoms with Gasteiger partial charge in [-0.15, -0.1) is 0 Å². The van der Waals surface area contributed by atoms with E-state index in [1.807, 2.05) is 0 Å². The van der Waals surface area contributed by atoms with Crippen LogP contribution in [0, 0.1) is 0 Å². The van der Waals surface area contributed by atoms with Crippen LogP contribution in [0.2, 0.25) is 6.04 Å². The van der Waals surface area contributed by atoms with Crippen molar-refractivity contribution in [2.24, 2.45) is 0 Å². The van der Waals surface area contributed by atoms with E-state index in [1.54, 1.807) is 0 Å². The van der Waals surface area contributed by atoms with Crippen LogP contribution in [0.1, 0.15) is 20.8 Å². The standard InChI is InChI=1S/C8H14F6O2Si/c1-4-17(15-5(2)3)16-8(13,14)7(11,12)6(9)10/h5-6,17H,4H2,1-3H3. The van der Waals surface area contributed by atoms with Crippen LogP contribution in [0.4, 0.5) is 26.3 Å². The molecule has 1 atom stereocenters. The monoisotopic (exact) mass is 284 g/mol. The topological polar surface area (TPSA) is 18.5 Å². The molecule has 104 valence electrons. The minimum absolute atomic E-state index is 0.0346. The van der Waals surface area contributed by atoms with Crippen molar-refractivity contribution in [3.8, 4) is 0 Å². The molecule has 0 aromatic heterocycles. The second-order valence-corrected chi connectivity index (χ2v) is 5.76. The summed E-state index contributed by atoms with van der Waals surface area (Å²) in [6.07, 6.45) is -10.2. The van der Waals surface area contributed by atoms with Crippen molar-refractivity contribution in [2.75, 3.05) is 0 Å². The summed E-state index contributed by atoms with van der Waals surface area (Å²) in [5, 5.41) is 0. The predicted molar refractivity (Wildman–Crippen MR) is 50.8 cm³/mol. The maximum Gasteiger partial charge on any atom is 0.417 e. The van der Waals surface area contributed by atoms with E-state index in [1.165, 1.54) is 20.8 Å². The van der Waals surface area contributed by atoms with Gasteiger partial charge in [0.15, 0.2) is 0 Å². The third-order valence-corrected chi connectivity index (χ3v) is 3.77. The SMILES string of the molecule is CC[SiH](OC(C)C)OC(F)(F)C(F)(F)C(F)F. The molecule has 0 heterocycles. The molecule has 0 fully saturated rings. The summed E-state index contributed by atoms with van der Waals surface area (Å²) in [6, 6.07) is -0.0346. The average molecular weight is 284 g/mol. The summed E-state index contributed by atoms with van der Waals surface area (Å²) in [5.41, 5.74) is 0. The fraction of sp³-hybridized carbons (Fsp3) is 1.00. The van der Waals surface area contributed by atoms with Gasteiger partial charge >= 0.3 is 27.7 Å². The molecule has 0 radical (unpaired) electrons. The Bertz CT molecular complexity index is 236. The number of halogens is 6. The summed E-state index contributed by atoms with van der Waals surface area (Å²) < 4.78 is 82.9. The van der Waals surface area contributed by atoms with E-state index < -0.39 is 33.8 Å². The molecule has 0 aliphatic rings. The molecule has 0 saturated carbocycles. The molecule has 0 aliphatic carbocycles. The third-order valence-electron chi connectivity index (χ3n) is 1.70. The van der Waals surface area contributed by atoms with Crippen LogP contribution < -0.4 is 0 Å². The Morgan fingerprint density at radius 1 is 1.12 bits per heavy atom. The zero-order valence-electron chi connectivity index (χ0n) is 9.52. The van der Waals surface area contributed by atoms with Gasteiger partial charge in [-0.2, -0.15) is 17.6 Å². The molecule has 0 aromatic carbocycles. The lowest BCUT2D eigenvalue weighted by atomic mass is 10.3. The van der Waals surface area contributed by atoms with E-state index in [4.69, 9.17) is 4.43 Å². The second kappa shape index (κ2) is 6.05. The molecule has 17 heavy (non-hydrogen) atoms. The molecule has 1 unspecified atom stereocenters. The van der Waals surface area contributed by atoms with Crippen molar-refractivity contribution < 1.29 is 35.2 Å². The lowest BCUT2D eigenvalue weighted by molar-refractivity contribution is -0.348. The fourth-order valence-corrected chi connectivity index (χ4v) is 2.39. The largest absolute Gasteiger partial charge is 0.417 e. The predicted octanol–water partition coefficient (Wildman–Crippen LogP) is 3.16. The summed E-state index contributed by atoms with van der Waals surface area (Å²) in [4.78, 5) is 0. The minimum atomic E-state index is -5.52. The van der Waals surface area contributed by atoms with E-state index in [2.05, 4.69) is 4.43 Å². The Hall–Kier alpha value is -0.283. The third kappa shape index (κ3) is 4.47. The molecule has 0 amide bonds. The van der Waals surface area contributed by atoms with Crippen molar-refractivity contribution in [3.05, 3.63) is 0 Å². The van der Waals surface area contributed by atoms with E-state index >= 15 is 0 Å². The van der Waals surface area contributed by atoms with Gasteiger partial charge in [-0.25, -0.2) is 8.78 Å². The summed E-state index contributed by atoms with van der Waals surface area (Å²) >= 11 is 0. The van der Waals surface area contributed by atoms with Crippen molar-refractivity contribution >= 4 is 9.28 Å². The normalized spacial score (nSPS) is 15.7. The van der Waals surface area contributed by atoms with Gasteiger partial charge in [0, 0.05) is 6.10 Å². The van der Waals surface area contributed by atoms with Crippen LogP contribution in [0.3, 0.4) is 0 Å². The van der Waals surface area contributed by atoms with Crippen LogP contribution in [-0.2, 0) is 8.85 Å². The van der Waals surface area contributed by atoms with Crippen molar-refractivity contribution in [1.29, 1.82) is 0 Å². The molecule has 0 spiro atoms. The van der Waals surface area contributed by atoms with Gasteiger partial charge in [0.1, 0.15) is 0 Å². The Balaban J connectivity index is 4.71. The minimum Gasteiger partial charge on any atom is -0.394 e. The molecule has 2 nitrogen and oxygen atoms in total. The smallest absolute Gasteiger partial charge is 0.394 e. The molecular weight excluding hydrogens is 270 g/mol. The number of rotatable bonds is 7. The van der Waals surface area contributed by atoms with E-state index in [-0.39, 0.29) is 6.04 Å². The molecule has 0 aliphatic heterocycles. The van der Waals surface area contributed by atoms with Crippen LogP contribution in [0.15, 0.2) is 0 Å². The Labute approximate surface area is 96.7 Å². The van der Waals surface area contributed by atoms with Gasteiger partial charge in [-0.1, -0.05) is 6.92 Å². The van der Waals surface area contributed by atoms with Gasteiger partial charge in [-0.05, 0) is 19.9 Å². The quantitative estimate of drug-likeness (QED) is 0.528. The maximum atomic E-state index is 12.8. The molecule has 0 rings (SSSR count). The Morgan fingerprint density at radius 3 is 1.88 bits per heavy atom. The van der Waals surface area contributed by atoms with Gasteiger partial charge in [0.25, 0.3) is 0 Å². The average Bonchev–Trinajstić information content (AvgIpc) is 2.14. The van der Waals surface area contributed by atoms with Crippen molar-refractivity contribution in [2.45, 2.75) is 51.4 Å². The van der Waals surface area contributed by atoms with Crippen LogP contribution in [0.5, 0.6) is 0 Å². The molecular formula is C8H14F6O2Si. The highest BCUT2D eigenvalue weighted by Crippen LogP contribution is 2.40. The van der Waals surface area contributed by atoms with E-state index in [9.17, 15) is 26.3 Å². The highest BCUT2D eigenvalue weighted by molar-refractivity contribution is 6.44.